The van der Waals surface area contributed by atoms with Crippen molar-refractivity contribution in [3.63, 3.8) is 0 Å². The van der Waals surface area contributed by atoms with Crippen molar-refractivity contribution in [1.82, 2.24) is 0 Å². The number of hydrogen-bond acceptors (Lipinski definition) is 2. The quantitative estimate of drug-likeness (QED) is 0.414. The van der Waals surface area contributed by atoms with Crippen LogP contribution in [-0.2, 0) is 9.22 Å². The van der Waals surface area contributed by atoms with E-state index in [1.54, 1.807) is 5.57 Å². The van der Waals surface area contributed by atoms with E-state index in [9.17, 15) is 4.79 Å². The van der Waals surface area contributed by atoms with E-state index in [4.69, 9.17) is 4.43 Å². The molecule has 3 fully saturated rings. The lowest BCUT2D eigenvalue weighted by atomic mass is 9.47. The summed E-state index contributed by atoms with van der Waals surface area (Å²) >= 11 is 0. The summed E-state index contributed by atoms with van der Waals surface area (Å²) in [4.78, 5) is 12.3. The summed E-state index contributed by atoms with van der Waals surface area (Å²) in [5.74, 6) is 3.16. The summed E-state index contributed by atoms with van der Waals surface area (Å²) in [5, 5.41) is 0. The number of rotatable bonds is 3. The molecule has 3 unspecified atom stereocenters. The third-order valence-corrected chi connectivity index (χ3v) is 10.1. The van der Waals surface area contributed by atoms with E-state index in [-0.39, 0.29) is 5.41 Å². The number of allylic oxidation sites excluding steroid dienone is 1. The standard InChI is InChI=1S/C24H40O2Si/c1-16(25)20-9-10-21-19-8-7-17-15-18(26-27(4,5)6)11-13-23(17,2)22(19)12-14-24(20,21)3/h7,18-22H,8-15H2,1-6H3/t18-,19?,20-,21?,22?,23+,24-/m1/s1. The number of Topliss-reactive ketones (excluding diaryl/α,β-unsaturated/α-hetero) is 1. The second kappa shape index (κ2) is 6.55. The average Bonchev–Trinajstić information content (AvgIpc) is 2.91. The minimum Gasteiger partial charge on any atom is -0.414 e. The summed E-state index contributed by atoms with van der Waals surface area (Å²) in [6.45, 7) is 13.8. The van der Waals surface area contributed by atoms with Gasteiger partial charge in [0.1, 0.15) is 5.78 Å². The molecule has 27 heavy (non-hydrogen) atoms. The second-order valence-electron chi connectivity index (χ2n) is 11.6. The van der Waals surface area contributed by atoms with Crippen LogP contribution in [0.25, 0.3) is 0 Å². The molecular weight excluding hydrogens is 348 g/mol. The molecule has 4 rings (SSSR count). The van der Waals surface area contributed by atoms with E-state index in [0.717, 1.165) is 24.2 Å². The maximum atomic E-state index is 12.3. The van der Waals surface area contributed by atoms with Crippen molar-refractivity contribution in [2.45, 2.75) is 97.9 Å². The fraction of sp³-hybridized carbons (Fsp3) is 0.875. The zero-order chi connectivity index (χ0) is 19.6. The van der Waals surface area contributed by atoms with Crippen molar-refractivity contribution in [2.24, 2.45) is 34.5 Å². The van der Waals surface area contributed by atoms with Gasteiger partial charge in [0.2, 0.25) is 0 Å². The van der Waals surface area contributed by atoms with Gasteiger partial charge in [-0.15, -0.1) is 0 Å². The molecule has 0 heterocycles. The Labute approximate surface area is 167 Å². The molecule has 7 atom stereocenters. The van der Waals surface area contributed by atoms with Crippen molar-refractivity contribution < 1.29 is 9.22 Å². The van der Waals surface area contributed by atoms with Gasteiger partial charge in [-0.3, -0.25) is 4.79 Å². The zero-order valence-corrected chi connectivity index (χ0v) is 19.4. The fourth-order valence-electron chi connectivity index (χ4n) is 7.90. The van der Waals surface area contributed by atoms with Gasteiger partial charge in [0, 0.05) is 12.0 Å². The van der Waals surface area contributed by atoms with Crippen LogP contribution < -0.4 is 0 Å². The van der Waals surface area contributed by atoms with Gasteiger partial charge >= 0.3 is 0 Å². The number of carbonyl (C=O) groups is 1. The first-order valence-corrected chi connectivity index (χ1v) is 14.8. The number of hydrogen-bond donors (Lipinski definition) is 0. The third-order valence-electron chi connectivity index (χ3n) is 9.07. The lowest BCUT2D eigenvalue weighted by Gasteiger charge is -2.58. The van der Waals surface area contributed by atoms with Crippen molar-refractivity contribution in [3.8, 4) is 0 Å². The first-order chi connectivity index (χ1) is 12.5. The highest BCUT2D eigenvalue weighted by atomic mass is 28.4. The van der Waals surface area contributed by atoms with Crippen LogP contribution in [-0.4, -0.2) is 20.2 Å². The second-order valence-corrected chi connectivity index (χ2v) is 16.1. The molecule has 4 aliphatic carbocycles. The van der Waals surface area contributed by atoms with Crippen LogP contribution in [0, 0.1) is 34.5 Å². The molecule has 0 amide bonds. The predicted molar refractivity (Wildman–Crippen MR) is 114 cm³/mol. The molecule has 0 aromatic carbocycles. The zero-order valence-electron chi connectivity index (χ0n) is 18.4. The highest BCUT2D eigenvalue weighted by Gasteiger charge is 2.59. The monoisotopic (exact) mass is 388 g/mol. The van der Waals surface area contributed by atoms with E-state index in [1.807, 2.05) is 6.92 Å². The molecule has 0 aliphatic heterocycles. The van der Waals surface area contributed by atoms with E-state index in [1.165, 1.54) is 44.9 Å². The molecule has 2 nitrogen and oxygen atoms in total. The molecule has 0 bridgehead atoms. The molecule has 0 saturated heterocycles. The van der Waals surface area contributed by atoms with Crippen LogP contribution in [0.3, 0.4) is 0 Å². The van der Waals surface area contributed by atoms with E-state index in [0.29, 0.717) is 23.2 Å². The molecule has 0 N–H and O–H groups in total. The normalized spacial score (nSPS) is 46.9. The summed E-state index contributed by atoms with van der Waals surface area (Å²) in [7, 11) is -1.47. The van der Waals surface area contributed by atoms with Crippen molar-refractivity contribution in [3.05, 3.63) is 11.6 Å². The van der Waals surface area contributed by atoms with E-state index < -0.39 is 8.32 Å². The van der Waals surface area contributed by atoms with Crippen LogP contribution in [0.1, 0.15) is 72.1 Å². The van der Waals surface area contributed by atoms with Gasteiger partial charge in [-0.05, 0) is 107 Å². The Morgan fingerprint density at radius 3 is 2.48 bits per heavy atom. The molecule has 0 radical (unpaired) electrons. The Bertz CT molecular complexity index is 647. The third kappa shape index (κ3) is 3.21. The topological polar surface area (TPSA) is 26.3 Å². The van der Waals surface area contributed by atoms with Gasteiger partial charge in [0.25, 0.3) is 0 Å². The lowest BCUT2D eigenvalue weighted by molar-refractivity contribution is -0.127. The predicted octanol–water partition coefficient (Wildman–Crippen LogP) is 6.37. The first-order valence-electron chi connectivity index (χ1n) is 11.4. The van der Waals surface area contributed by atoms with Gasteiger partial charge in [0.05, 0.1) is 0 Å². The van der Waals surface area contributed by atoms with Crippen molar-refractivity contribution in [1.29, 1.82) is 0 Å². The maximum absolute atomic E-state index is 12.3. The van der Waals surface area contributed by atoms with Crippen LogP contribution in [0.15, 0.2) is 11.6 Å². The Hall–Kier alpha value is -0.413. The number of carbonyl (C=O) groups excluding carboxylic acids is 1. The van der Waals surface area contributed by atoms with Gasteiger partial charge in [0.15, 0.2) is 8.32 Å². The average molecular weight is 389 g/mol. The van der Waals surface area contributed by atoms with Crippen LogP contribution in [0.2, 0.25) is 19.6 Å². The van der Waals surface area contributed by atoms with E-state index >= 15 is 0 Å². The highest BCUT2D eigenvalue weighted by Crippen LogP contribution is 2.66. The fourth-order valence-corrected chi connectivity index (χ4v) is 9.10. The minimum absolute atomic E-state index is 0.271. The molecule has 3 saturated carbocycles. The molecular formula is C24H40O2Si. The summed E-state index contributed by atoms with van der Waals surface area (Å²) in [6.07, 6.45) is 13.0. The minimum atomic E-state index is -1.47. The first kappa shape index (κ1) is 19.9. The largest absolute Gasteiger partial charge is 0.414 e. The van der Waals surface area contributed by atoms with Crippen molar-refractivity contribution >= 4 is 14.1 Å². The Kier molecular flexibility index (Phi) is 4.83. The summed E-state index contributed by atoms with van der Waals surface area (Å²) in [6, 6.07) is 0. The molecule has 0 aromatic heterocycles. The molecule has 0 spiro atoms. The molecule has 152 valence electrons. The Morgan fingerprint density at radius 2 is 1.81 bits per heavy atom. The Morgan fingerprint density at radius 1 is 1.07 bits per heavy atom. The summed E-state index contributed by atoms with van der Waals surface area (Å²) in [5.41, 5.74) is 2.37. The molecule has 4 aliphatic rings. The summed E-state index contributed by atoms with van der Waals surface area (Å²) < 4.78 is 6.50. The molecule has 0 aromatic rings. The molecule has 3 heteroatoms. The number of fused-ring (bicyclic) bond motifs is 5. The highest BCUT2D eigenvalue weighted by molar-refractivity contribution is 6.69. The van der Waals surface area contributed by atoms with Crippen LogP contribution in [0.5, 0.6) is 0 Å². The van der Waals surface area contributed by atoms with Crippen LogP contribution >= 0.6 is 0 Å². The van der Waals surface area contributed by atoms with E-state index in [2.05, 4.69) is 39.6 Å². The van der Waals surface area contributed by atoms with Gasteiger partial charge in [-0.25, -0.2) is 0 Å². The Balaban J connectivity index is 1.57. The van der Waals surface area contributed by atoms with Gasteiger partial charge in [-0.2, -0.15) is 0 Å². The smallest absolute Gasteiger partial charge is 0.184 e. The van der Waals surface area contributed by atoms with Gasteiger partial charge in [-0.1, -0.05) is 25.5 Å². The maximum Gasteiger partial charge on any atom is 0.184 e. The van der Waals surface area contributed by atoms with Crippen molar-refractivity contribution in [2.75, 3.05) is 0 Å². The lowest BCUT2D eigenvalue weighted by Crippen LogP contribution is -2.51. The van der Waals surface area contributed by atoms with Crippen LogP contribution in [0.4, 0.5) is 0 Å². The SMILES string of the molecule is CC(=O)[C@H]1CCC2C3CC=C4C[C@H](O[Si](C)(C)C)CC[C@]4(C)C3CC[C@@]21C. The number of ketones is 1. The van der Waals surface area contributed by atoms with Gasteiger partial charge < -0.3 is 4.43 Å².